The summed E-state index contributed by atoms with van der Waals surface area (Å²) >= 11 is 0. The summed E-state index contributed by atoms with van der Waals surface area (Å²) in [7, 11) is 0. The van der Waals surface area contributed by atoms with Gasteiger partial charge in [0.1, 0.15) is 0 Å². The quantitative estimate of drug-likeness (QED) is 0.676. The standard InChI is InChI=1S/C12H17NO/c1-12(2,3)11(14)13-10-8-6-4-5-7-9-10/h4-10H,1-3H3,(H,13,14). The Morgan fingerprint density at radius 1 is 1.07 bits per heavy atom. The Hall–Kier alpha value is -1.31. The molecular formula is C12H17NO. The number of nitrogens with one attached hydrogen (secondary N) is 1. The molecule has 0 aromatic rings. The van der Waals surface area contributed by atoms with Gasteiger partial charge in [-0.2, -0.15) is 0 Å². The average molecular weight is 191 g/mol. The van der Waals surface area contributed by atoms with Gasteiger partial charge in [-0.25, -0.2) is 0 Å². The van der Waals surface area contributed by atoms with Crippen molar-refractivity contribution in [3.63, 3.8) is 0 Å². The van der Waals surface area contributed by atoms with Gasteiger partial charge >= 0.3 is 0 Å². The topological polar surface area (TPSA) is 29.1 Å². The van der Waals surface area contributed by atoms with Crippen LogP contribution in [0.15, 0.2) is 36.5 Å². The van der Waals surface area contributed by atoms with Crippen LogP contribution in [-0.4, -0.2) is 11.9 Å². The highest BCUT2D eigenvalue weighted by Gasteiger charge is 2.22. The van der Waals surface area contributed by atoms with Crippen molar-refractivity contribution in [1.82, 2.24) is 5.32 Å². The molecule has 0 unspecified atom stereocenters. The fourth-order valence-electron chi connectivity index (χ4n) is 1.02. The maximum Gasteiger partial charge on any atom is 0.226 e. The summed E-state index contributed by atoms with van der Waals surface area (Å²) in [6.07, 6.45) is 11.7. The molecule has 1 aliphatic carbocycles. The molecule has 0 aromatic heterocycles. The molecule has 1 aliphatic rings. The third-order valence-electron chi connectivity index (χ3n) is 1.95. The van der Waals surface area contributed by atoms with E-state index in [1.807, 2.05) is 57.2 Å². The number of carbonyl (C=O) groups is 1. The van der Waals surface area contributed by atoms with Crippen LogP contribution in [0.5, 0.6) is 0 Å². The van der Waals surface area contributed by atoms with Crippen molar-refractivity contribution in [3.05, 3.63) is 36.5 Å². The summed E-state index contributed by atoms with van der Waals surface area (Å²) in [5.74, 6) is 0.0682. The van der Waals surface area contributed by atoms with E-state index < -0.39 is 0 Å². The highest BCUT2D eigenvalue weighted by Crippen LogP contribution is 2.13. The second-order valence-corrected chi connectivity index (χ2v) is 4.40. The number of hydrogen-bond acceptors (Lipinski definition) is 1. The van der Waals surface area contributed by atoms with E-state index in [0.717, 1.165) is 0 Å². The highest BCUT2D eigenvalue weighted by atomic mass is 16.2. The molecule has 0 aromatic carbocycles. The van der Waals surface area contributed by atoms with Gasteiger partial charge in [-0.05, 0) is 0 Å². The van der Waals surface area contributed by atoms with Crippen molar-refractivity contribution in [2.24, 2.45) is 5.41 Å². The summed E-state index contributed by atoms with van der Waals surface area (Å²) in [4.78, 5) is 11.6. The van der Waals surface area contributed by atoms with Crippen molar-refractivity contribution >= 4 is 5.91 Å². The molecule has 0 heterocycles. The monoisotopic (exact) mass is 191 g/mol. The van der Waals surface area contributed by atoms with Crippen LogP contribution >= 0.6 is 0 Å². The van der Waals surface area contributed by atoms with Crippen molar-refractivity contribution in [3.8, 4) is 0 Å². The first kappa shape index (κ1) is 10.8. The van der Waals surface area contributed by atoms with Crippen LogP contribution in [0.25, 0.3) is 0 Å². The Morgan fingerprint density at radius 2 is 1.57 bits per heavy atom. The fraction of sp³-hybridized carbons (Fsp3) is 0.417. The first-order valence-corrected chi connectivity index (χ1v) is 4.83. The smallest absolute Gasteiger partial charge is 0.226 e. The fourth-order valence-corrected chi connectivity index (χ4v) is 1.02. The maximum absolute atomic E-state index is 11.6. The Labute approximate surface area is 85.4 Å². The van der Waals surface area contributed by atoms with Gasteiger partial charge in [0, 0.05) is 5.41 Å². The number of allylic oxidation sites excluding steroid dienone is 4. The number of hydrogen-bond donors (Lipinski definition) is 1. The largest absolute Gasteiger partial charge is 0.346 e. The molecule has 2 nitrogen and oxygen atoms in total. The average Bonchev–Trinajstić information content (AvgIpc) is 2.31. The minimum atomic E-state index is -0.332. The van der Waals surface area contributed by atoms with E-state index >= 15 is 0 Å². The molecule has 76 valence electrons. The lowest BCUT2D eigenvalue weighted by Crippen LogP contribution is -2.39. The van der Waals surface area contributed by atoms with Crippen LogP contribution in [-0.2, 0) is 4.79 Å². The molecule has 0 aliphatic heterocycles. The predicted octanol–water partition coefficient (Wildman–Crippen LogP) is 2.20. The zero-order valence-electron chi connectivity index (χ0n) is 8.95. The first-order chi connectivity index (χ1) is 6.50. The highest BCUT2D eigenvalue weighted by molar-refractivity contribution is 5.82. The van der Waals surface area contributed by atoms with Crippen molar-refractivity contribution < 1.29 is 4.79 Å². The molecule has 0 fully saturated rings. The molecule has 1 amide bonds. The molecule has 0 bridgehead atoms. The molecule has 14 heavy (non-hydrogen) atoms. The zero-order valence-corrected chi connectivity index (χ0v) is 8.95. The second kappa shape index (κ2) is 4.27. The molecule has 1 rings (SSSR count). The van der Waals surface area contributed by atoms with Crippen LogP contribution in [0.3, 0.4) is 0 Å². The lowest BCUT2D eigenvalue weighted by atomic mass is 9.95. The molecule has 0 saturated heterocycles. The van der Waals surface area contributed by atoms with Gasteiger partial charge in [0.05, 0.1) is 6.04 Å². The molecule has 0 radical (unpaired) electrons. The lowest BCUT2D eigenvalue weighted by molar-refractivity contribution is -0.128. The molecule has 0 spiro atoms. The van der Waals surface area contributed by atoms with Gasteiger partial charge in [-0.3, -0.25) is 4.79 Å². The third kappa shape index (κ3) is 3.21. The minimum Gasteiger partial charge on any atom is -0.346 e. The van der Waals surface area contributed by atoms with E-state index in [1.165, 1.54) is 0 Å². The van der Waals surface area contributed by atoms with Crippen LogP contribution < -0.4 is 5.32 Å². The van der Waals surface area contributed by atoms with E-state index in [9.17, 15) is 4.79 Å². The summed E-state index contributed by atoms with van der Waals surface area (Å²) in [6.45, 7) is 5.72. The van der Waals surface area contributed by atoms with Crippen molar-refractivity contribution in [1.29, 1.82) is 0 Å². The van der Waals surface area contributed by atoms with Gasteiger partial charge in [-0.1, -0.05) is 57.2 Å². The van der Waals surface area contributed by atoms with Crippen LogP contribution in [0.4, 0.5) is 0 Å². The predicted molar refractivity (Wildman–Crippen MR) is 58.8 cm³/mol. The minimum absolute atomic E-state index is 0.0109. The van der Waals surface area contributed by atoms with Gasteiger partial charge in [0.25, 0.3) is 0 Å². The van der Waals surface area contributed by atoms with Gasteiger partial charge in [0.2, 0.25) is 5.91 Å². The number of carbonyl (C=O) groups excluding carboxylic acids is 1. The second-order valence-electron chi connectivity index (χ2n) is 4.40. The summed E-state index contributed by atoms with van der Waals surface area (Å²) in [5, 5.41) is 2.95. The zero-order chi connectivity index (χ0) is 10.6. The number of amides is 1. The van der Waals surface area contributed by atoms with Crippen LogP contribution in [0.2, 0.25) is 0 Å². The van der Waals surface area contributed by atoms with Crippen molar-refractivity contribution in [2.45, 2.75) is 26.8 Å². The first-order valence-electron chi connectivity index (χ1n) is 4.83. The van der Waals surface area contributed by atoms with Crippen molar-refractivity contribution in [2.75, 3.05) is 0 Å². The maximum atomic E-state index is 11.6. The van der Waals surface area contributed by atoms with Gasteiger partial charge in [0.15, 0.2) is 0 Å². The molecule has 2 heteroatoms. The van der Waals surface area contributed by atoms with E-state index in [2.05, 4.69) is 5.32 Å². The van der Waals surface area contributed by atoms with Crippen LogP contribution in [0.1, 0.15) is 20.8 Å². The van der Waals surface area contributed by atoms with E-state index in [0.29, 0.717) is 0 Å². The Bertz CT molecular complexity index is 276. The molecular weight excluding hydrogens is 174 g/mol. The SMILES string of the molecule is CC(C)(C)C(=O)NC1C=CC=CC=C1. The Morgan fingerprint density at radius 3 is 2.00 bits per heavy atom. The van der Waals surface area contributed by atoms with E-state index in [1.54, 1.807) is 0 Å². The summed E-state index contributed by atoms with van der Waals surface area (Å²) < 4.78 is 0. The molecule has 1 N–H and O–H groups in total. The summed E-state index contributed by atoms with van der Waals surface area (Å²) in [6, 6.07) is 0.0109. The molecule has 0 atom stereocenters. The Kier molecular flexibility index (Phi) is 3.28. The summed E-state index contributed by atoms with van der Waals surface area (Å²) in [5.41, 5.74) is -0.332. The normalized spacial score (nSPS) is 16.8. The van der Waals surface area contributed by atoms with Gasteiger partial charge < -0.3 is 5.32 Å². The lowest BCUT2D eigenvalue weighted by Gasteiger charge is -2.20. The molecule has 0 saturated carbocycles. The third-order valence-corrected chi connectivity index (χ3v) is 1.95. The Balaban J connectivity index is 2.57. The van der Waals surface area contributed by atoms with Crippen LogP contribution in [0, 0.1) is 5.41 Å². The van der Waals surface area contributed by atoms with E-state index in [-0.39, 0.29) is 17.4 Å². The number of rotatable bonds is 1. The van der Waals surface area contributed by atoms with Gasteiger partial charge in [-0.15, -0.1) is 0 Å². The van der Waals surface area contributed by atoms with E-state index in [4.69, 9.17) is 0 Å².